The molecule has 0 unspecified atom stereocenters. The molecule has 132 valence electrons. The summed E-state index contributed by atoms with van der Waals surface area (Å²) >= 11 is 0. The van der Waals surface area contributed by atoms with Gasteiger partial charge in [-0.15, -0.1) is 5.10 Å². The van der Waals surface area contributed by atoms with E-state index in [1.54, 1.807) is 29.8 Å². The highest BCUT2D eigenvalue weighted by Crippen LogP contribution is 2.23. The summed E-state index contributed by atoms with van der Waals surface area (Å²) in [5.74, 6) is 1.26. The molecule has 0 atom stereocenters. The number of likely N-dealkylation sites (N-methyl/N-ethyl adjacent to an activating group) is 1. The van der Waals surface area contributed by atoms with E-state index in [2.05, 4.69) is 25.6 Å². The quantitative estimate of drug-likeness (QED) is 0.671. The van der Waals surface area contributed by atoms with Crippen LogP contribution in [0, 0.1) is 0 Å². The molecular formula is C16H20N6O3. The van der Waals surface area contributed by atoms with E-state index in [9.17, 15) is 4.79 Å². The maximum absolute atomic E-state index is 12.1. The van der Waals surface area contributed by atoms with E-state index in [0.29, 0.717) is 11.4 Å². The van der Waals surface area contributed by atoms with E-state index in [1.807, 2.05) is 20.2 Å². The number of ether oxygens (including phenoxy) is 1. The maximum atomic E-state index is 12.1. The van der Waals surface area contributed by atoms with Crippen molar-refractivity contribution in [3.05, 3.63) is 36.3 Å². The average Bonchev–Trinajstić information content (AvgIpc) is 3.24. The summed E-state index contributed by atoms with van der Waals surface area (Å²) in [6, 6.07) is 6.87. The Morgan fingerprint density at radius 2 is 2.20 bits per heavy atom. The SMILES string of the molecule is COc1ccc(NCCN(C)C)n2nc(NC(=O)c3ccco3)nc12. The van der Waals surface area contributed by atoms with Crippen molar-refractivity contribution in [1.82, 2.24) is 19.5 Å². The van der Waals surface area contributed by atoms with Crippen molar-refractivity contribution in [2.45, 2.75) is 0 Å². The third-order valence-corrected chi connectivity index (χ3v) is 3.50. The fraction of sp³-hybridized carbons (Fsp3) is 0.312. The summed E-state index contributed by atoms with van der Waals surface area (Å²) in [5.41, 5.74) is 0.507. The Bertz CT molecular complexity index is 856. The summed E-state index contributed by atoms with van der Waals surface area (Å²) in [6.45, 7) is 1.60. The number of amides is 1. The summed E-state index contributed by atoms with van der Waals surface area (Å²) in [7, 11) is 5.57. The lowest BCUT2D eigenvalue weighted by atomic mass is 10.4. The van der Waals surface area contributed by atoms with Gasteiger partial charge in [-0.3, -0.25) is 10.1 Å². The smallest absolute Gasteiger partial charge is 0.293 e. The van der Waals surface area contributed by atoms with Crippen LogP contribution in [-0.2, 0) is 0 Å². The average molecular weight is 344 g/mol. The molecule has 3 rings (SSSR count). The van der Waals surface area contributed by atoms with Gasteiger partial charge in [-0.2, -0.15) is 9.50 Å². The second-order valence-electron chi connectivity index (χ2n) is 5.62. The molecule has 9 heteroatoms. The summed E-state index contributed by atoms with van der Waals surface area (Å²) < 4.78 is 12.0. The Hall–Kier alpha value is -3.07. The van der Waals surface area contributed by atoms with E-state index >= 15 is 0 Å². The number of pyridine rings is 1. The number of hydrogen-bond donors (Lipinski definition) is 2. The highest BCUT2D eigenvalue weighted by Gasteiger charge is 2.16. The number of hydrogen-bond acceptors (Lipinski definition) is 7. The number of nitrogens with one attached hydrogen (secondary N) is 2. The van der Waals surface area contributed by atoms with E-state index < -0.39 is 5.91 Å². The minimum atomic E-state index is -0.415. The van der Waals surface area contributed by atoms with E-state index in [4.69, 9.17) is 9.15 Å². The van der Waals surface area contributed by atoms with Gasteiger partial charge in [0.05, 0.1) is 13.4 Å². The van der Waals surface area contributed by atoms with Gasteiger partial charge in [0, 0.05) is 13.1 Å². The number of methoxy groups -OCH3 is 1. The van der Waals surface area contributed by atoms with Crippen LogP contribution in [0.25, 0.3) is 5.65 Å². The number of furan rings is 1. The van der Waals surface area contributed by atoms with Crippen LogP contribution in [-0.4, -0.2) is 59.7 Å². The van der Waals surface area contributed by atoms with Crippen LogP contribution in [0.1, 0.15) is 10.6 Å². The third-order valence-electron chi connectivity index (χ3n) is 3.50. The predicted octanol–water partition coefficient (Wildman–Crippen LogP) is 1.56. The van der Waals surface area contributed by atoms with Crippen molar-refractivity contribution >= 4 is 23.3 Å². The molecule has 0 aliphatic carbocycles. The van der Waals surface area contributed by atoms with Crippen molar-refractivity contribution in [2.75, 3.05) is 44.9 Å². The second-order valence-corrected chi connectivity index (χ2v) is 5.62. The number of fused-ring (bicyclic) bond motifs is 1. The predicted molar refractivity (Wildman–Crippen MR) is 93.2 cm³/mol. The van der Waals surface area contributed by atoms with Crippen LogP contribution in [0.4, 0.5) is 11.8 Å². The lowest BCUT2D eigenvalue weighted by Gasteiger charge is -2.12. The zero-order valence-corrected chi connectivity index (χ0v) is 14.3. The molecule has 0 fully saturated rings. The third kappa shape index (κ3) is 3.72. The first-order valence-electron chi connectivity index (χ1n) is 7.75. The fourth-order valence-corrected chi connectivity index (χ4v) is 2.26. The molecule has 2 N–H and O–H groups in total. The molecule has 3 aromatic rings. The number of nitrogens with zero attached hydrogens (tertiary/aromatic N) is 4. The highest BCUT2D eigenvalue weighted by atomic mass is 16.5. The molecule has 1 amide bonds. The van der Waals surface area contributed by atoms with Gasteiger partial charge in [-0.05, 0) is 38.4 Å². The Morgan fingerprint density at radius 3 is 2.88 bits per heavy atom. The topological polar surface area (TPSA) is 96.9 Å². The van der Waals surface area contributed by atoms with Crippen molar-refractivity contribution < 1.29 is 13.9 Å². The van der Waals surface area contributed by atoms with Gasteiger partial charge in [0.1, 0.15) is 5.82 Å². The van der Waals surface area contributed by atoms with Crippen LogP contribution in [0.2, 0.25) is 0 Å². The van der Waals surface area contributed by atoms with Gasteiger partial charge in [-0.1, -0.05) is 0 Å². The lowest BCUT2D eigenvalue weighted by molar-refractivity contribution is 0.0996. The van der Waals surface area contributed by atoms with Crippen LogP contribution in [0.3, 0.4) is 0 Å². The number of aromatic nitrogens is 3. The van der Waals surface area contributed by atoms with Crippen molar-refractivity contribution in [3.8, 4) is 5.75 Å². The zero-order chi connectivity index (χ0) is 17.8. The van der Waals surface area contributed by atoms with Gasteiger partial charge < -0.3 is 19.4 Å². The Kier molecular flexibility index (Phi) is 4.85. The lowest BCUT2D eigenvalue weighted by Crippen LogP contribution is -2.21. The molecular weight excluding hydrogens is 324 g/mol. The van der Waals surface area contributed by atoms with Crippen LogP contribution < -0.4 is 15.4 Å². The van der Waals surface area contributed by atoms with E-state index in [-0.39, 0.29) is 11.7 Å². The molecule has 0 saturated heterocycles. The van der Waals surface area contributed by atoms with Crippen molar-refractivity contribution in [3.63, 3.8) is 0 Å². The molecule has 9 nitrogen and oxygen atoms in total. The standard InChI is InChI=1S/C16H20N6O3/c1-21(2)9-8-17-13-7-6-11(24-3)14-18-16(20-22(13)14)19-15(23)12-5-4-10-25-12/h4-7,10,17H,8-9H2,1-3H3,(H,19,20,23). The van der Waals surface area contributed by atoms with Gasteiger partial charge in [0.25, 0.3) is 5.91 Å². The minimum Gasteiger partial charge on any atom is -0.493 e. The first-order chi connectivity index (χ1) is 12.1. The van der Waals surface area contributed by atoms with Gasteiger partial charge in [0.2, 0.25) is 11.6 Å². The highest BCUT2D eigenvalue weighted by molar-refractivity contribution is 6.01. The first kappa shape index (κ1) is 16.8. The Balaban J connectivity index is 1.87. The number of carbonyl (C=O) groups excluding carboxylic acids is 1. The van der Waals surface area contributed by atoms with Crippen molar-refractivity contribution in [1.29, 1.82) is 0 Å². The second kappa shape index (κ2) is 7.22. The normalized spacial score (nSPS) is 11.0. The molecule has 0 bridgehead atoms. The first-order valence-corrected chi connectivity index (χ1v) is 7.75. The molecule has 0 saturated carbocycles. The van der Waals surface area contributed by atoms with Gasteiger partial charge in [-0.25, -0.2) is 0 Å². The number of carbonyl (C=O) groups is 1. The molecule has 0 aromatic carbocycles. The zero-order valence-electron chi connectivity index (χ0n) is 14.3. The van der Waals surface area contributed by atoms with Gasteiger partial charge in [0.15, 0.2) is 11.5 Å². The number of anilines is 2. The van der Waals surface area contributed by atoms with Crippen molar-refractivity contribution in [2.24, 2.45) is 0 Å². The minimum absolute atomic E-state index is 0.168. The maximum Gasteiger partial charge on any atom is 0.293 e. The van der Waals surface area contributed by atoms with Crippen LogP contribution in [0.5, 0.6) is 5.75 Å². The summed E-state index contributed by atoms with van der Waals surface area (Å²) in [5, 5.41) is 10.3. The van der Waals surface area contributed by atoms with E-state index in [1.165, 1.54) is 6.26 Å². The summed E-state index contributed by atoms with van der Waals surface area (Å²) in [6.07, 6.45) is 1.43. The Labute approximate surface area is 144 Å². The monoisotopic (exact) mass is 344 g/mol. The molecule has 0 aliphatic heterocycles. The molecule has 3 heterocycles. The van der Waals surface area contributed by atoms with Gasteiger partial charge >= 0.3 is 0 Å². The Morgan fingerprint density at radius 1 is 1.36 bits per heavy atom. The fourth-order valence-electron chi connectivity index (χ4n) is 2.26. The molecule has 0 radical (unpaired) electrons. The molecule has 0 aliphatic rings. The molecule has 0 spiro atoms. The van der Waals surface area contributed by atoms with Crippen LogP contribution in [0.15, 0.2) is 34.9 Å². The largest absolute Gasteiger partial charge is 0.493 e. The summed E-state index contributed by atoms with van der Waals surface area (Å²) in [4.78, 5) is 18.5. The molecule has 25 heavy (non-hydrogen) atoms. The van der Waals surface area contributed by atoms with E-state index in [0.717, 1.165) is 18.9 Å². The molecule has 3 aromatic heterocycles. The van der Waals surface area contributed by atoms with Crippen LogP contribution >= 0.6 is 0 Å². The number of rotatable bonds is 7.